The molecule has 0 saturated carbocycles. The van der Waals surface area contributed by atoms with Crippen LogP contribution in [0.25, 0.3) is 11.3 Å². The minimum atomic E-state index is -5.08. The fourth-order valence-electron chi connectivity index (χ4n) is 3.56. The van der Waals surface area contributed by atoms with E-state index in [0.717, 1.165) is 29.9 Å². The number of aromatic nitrogens is 1. The lowest BCUT2D eigenvalue weighted by Crippen LogP contribution is -2.48. The summed E-state index contributed by atoms with van der Waals surface area (Å²) in [6.45, 7) is 2.92. The molecule has 0 radical (unpaired) electrons. The highest BCUT2D eigenvalue weighted by Gasteiger charge is 2.38. The largest absolute Gasteiger partial charge is 0.490 e. The highest BCUT2D eigenvalue weighted by molar-refractivity contribution is 6.30. The summed E-state index contributed by atoms with van der Waals surface area (Å²) in [7, 11) is 0. The van der Waals surface area contributed by atoms with Gasteiger partial charge in [-0.3, -0.25) is 4.79 Å². The Morgan fingerprint density at radius 2 is 1.69 bits per heavy atom. The Morgan fingerprint density at radius 1 is 1.06 bits per heavy atom. The third kappa shape index (κ3) is 7.45. The Balaban J connectivity index is 0.000000454. The van der Waals surface area contributed by atoms with Crippen molar-refractivity contribution in [3.8, 4) is 11.3 Å². The van der Waals surface area contributed by atoms with Gasteiger partial charge in [0.1, 0.15) is 5.82 Å². The number of benzene rings is 2. The van der Waals surface area contributed by atoms with Crippen LogP contribution in [0.3, 0.4) is 0 Å². The van der Waals surface area contributed by atoms with Crippen molar-refractivity contribution in [1.29, 1.82) is 0 Å². The summed E-state index contributed by atoms with van der Waals surface area (Å²) in [4.78, 5) is 25.7. The van der Waals surface area contributed by atoms with Crippen LogP contribution in [0.5, 0.6) is 0 Å². The number of hydrogen-bond acceptors (Lipinski definition) is 5. The average molecular weight is 528 g/mol. The topological polar surface area (TPSA) is 86.9 Å². The maximum absolute atomic E-state index is 13.1. The van der Waals surface area contributed by atoms with E-state index >= 15 is 0 Å². The molecule has 1 N–H and O–H groups in total. The molecule has 1 aromatic heterocycles. The van der Waals surface area contributed by atoms with Crippen LogP contribution in [-0.2, 0) is 16.0 Å². The number of carboxylic acid groups (broad SMARTS) is 1. The Morgan fingerprint density at radius 3 is 2.28 bits per heavy atom. The monoisotopic (exact) mass is 527 g/mol. The first-order valence-electron chi connectivity index (χ1n) is 10.8. The third-order valence-electron chi connectivity index (χ3n) is 5.41. The van der Waals surface area contributed by atoms with Gasteiger partial charge in [-0.15, -0.1) is 0 Å². The lowest BCUT2D eigenvalue weighted by atomic mass is 10.0. The molecule has 1 aliphatic heterocycles. The average Bonchev–Trinajstić information content (AvgIpc) is 3.31. The number of piperazine rings is 1. The summed E-state index contributed by atoms with van der Waals surface area (Å²) in [6, 6.07) is 13.8. The van der Waals surface area contributed by atoms with Crippen molar-refractivity contribution in [2.75, 3.05) is 31.1 Å². The molecular weight excluding hydrogens is 506 g/mol. The number of anilines is 1. The highest BCUT2D eigenvalue weighted by atomic mass is 35.5. The molecule has 0 atom stereocenters. The van der Waals surface area contributed by atoms with Crippen LogP contribution in [0.4, 0.5) is 23.2 Å². The summed E-state index contributed by atoms with van der Waals surface area (Å²) in [5.41, 5.74) is 2.68. The molecule has 1 amide bonds. The van der Waals surface area contributed by atoms with Gasteiger partial charge in [0.05, 0.1) is 6.20 Å². The molecule has 7 nitrogen and oxygen atoms in total. The molecular formula is C24H22ClF4N3O4. The zero-order chi connectivity index (χ0) is 26.3. The second kappa shape index (κ2) is 11.9. The molecule has 2 heterocycles. The standard InChI is InChI=1S/C22H21ClFN3O2.C2HF3O2/c23-18-2-1-3-20(14-18)26-10-12-27(13-11-26)21(28)9-6-17-15-25-29-22(17)16-4-7-19(24)8-5-16;3-2(4,5)1(6)7/h1-5,7-8,14-15H,6,9-13H2;(H,6,7). The van der Waals surface area contributed by atoms with Crippen LogP contribution in [0.2, 0.25) is 5.02 Å². The van der Waals surface area contributed by atoms with Crippen molar-refractivity contribution in [3.63, 3.8) is 0 Å². The van der Waals surface area contributed by atoms with Crippen molar-refractivity contribution in [2.45, 2.75) is 19.0 Å². The van der Waals surface area contributed by atoms with Crippen LogP contribution in [-0.4, -0.2) is 59.4 Å². The van der Waals surface area contributed by atoms with Gasteiger partial charge < -0.3 is 19.4 Å². The number of nitrogens with zero attached hydrogens (tertiary/aromatic N) is 3. The molecule has 1 aliphatic rings. The van der Waals surface area contributed by atoms with Gasteiger partial charge in [-0.2, -0.15) is 13.2 Å². The Kier molecular flexibility index (Phi) is 8.92. The number of carbonyl (C=O) groups is 2. The molecule has 2 aromatic carbocycles. The fourth-order valence-corrected chi connectivity index (χ4v) is 3.75. The van der Waals surface area contributed by atoms with Crippen molar-refractivity contribution < 1.29 is 36.8 Å². The molecule has 1 fully saturated rings. The molecule has 192 valence electrons. The van der Waals surface area contributed by atoms with E-state index in [2.05, 4.69) is 10.1 Å². The van der Waals surface area contributed by atoms with Gasteiger partial charge in [0.15, 0.2) is 5.76 Å². The molecule has 3 aromatic rings. The van der Waals surface area contributed by atoms with Gasteiger partial charge >= 0.3 is 12.1 Å². The summed E-state index contributed by atoms with van der Waals surface area (Å²) >= 11 is 6.08. The molecule has 0 aliphatic carbocycles. The fraction of sp³-hybridized carbons (Fsp3) is 0.292. The lowest BCUT2D eigenvalue weighted by molar-refractivity contribution is -0.192. The number of carbonyl (C=O) groups excluding carboxylic acids is 1. The van der Waals surface area contributed by atoms with E-state index in [1.54, 1.807) is 18.3 Å². The molecule has 0 spiro atoms. The van der Waals surface area contributed by atoms with Gasteiger partial charge in [0, 0.05) is 54.4 Å². The van der Waals surface area contributed by atoms with E-state index in [9.17, 15) is 22.4 Å². The second-order valence-electron chi connectivity index (χ2n) is 7.84. The summed E-state index contributed by atoms with van der Waals surface area (Å²) < 4.78 is 50.2. The van der Waals surface area contributed by atoms with Crippen LogP contribution in [0, 0.1) is 5.82 Å². The van der Waals surface area contributed by atoms with E-state index in [0.29, 0.717) is 36.7 Å². The molecule has 12 heteroatoms. The molecule has 1 saturated heterocycles. The predicted octanol–water partition coefficient (Wildman–Crippen LogP) is 5.05. The number of aliphatic carboxylic acids is 1. The maximum atomic E-state index is 13.1. The Labute approximate surface area is 208 Å². The zero-order valence-corrected chi connectivity index (χ0v) is 19.6. The number of halogens is 5. The van der Waals surface area contributed by atoms with E-state index in [1.165, 1.54) is 12.1 Å². The van der Waals surface area contributed by atoms with E-state index in [-0.39, 0.29) is 11.7 Å². The first kappa shape index (κ1) is 27.0. The van der Waals surface area contributed by atoms with Crippen molar-refractivity contribution in [3.05, 3.63) is 71.1 Å². The Hall–Kier alpha value is -3.60. The van der Waals surface area contributed by atoms with Crippen LogP contribution in [0.1, 0.15) is 12.0 Å². The predicted molar refractivity (Wildman–Crippen MR) is 124 cm³/mol. The number of aryl methyl sites for hydroxylation is 1. The molecule has 0 unspecified atom stereocenters. The SMILES string of the molecule is O=C(CCc1cnoc1-c1ccc(F)cc1)N1CCN(c2cccc(Cl)c2)CC1.O=C(O)C(F)(F)F. The minimum absolute atomic E-state index is 0.113. The van der Waals surface area contributed by atoms with E-state index in [1.807, 2.05) is 29.2 Å². The smallest absolute Gasteiger partial charge is 0.475 e. The van der Waals surface area contributed by atoms with Gasteiger partial charge in [0.25, 0.3) is 0 Å². The van der Waals surface area contributed by atoms with E-state index in [4.69, 9.17) is 26.0 Å². The van der Waals surface area contributed by atoms with Gasteiger partial charge in [-0.05, 0) is 48.9 Å². The van der Waals surface area contributed by atoms with Crippen LogP contribution in [0.15, 0.2) is 59.3 Å². The first-order chi connectivity index (χ1) is 17.0. The highest BCUT2D eigenvalue weighted by Crippen LogP contribution is 2.25. The van der Waals surface area contributed by atoms with Crippen LogP contribution < -0.4 is 4.90 Å². The quantitative estimate of drug-likeness (QED) is 0.467. The minimum Gasteiger partial charge on any atom is -0.475 e. The summed E-state index contributed by atoms with van der Waals surface area (Å²) in [5, 5.41) is 11.7. The van der Waals surface area contributed by atoms with Gasteiger partial charge in [0.2, 0.25) is 5.91 Å². The first-order valence-corrected chi connectivity index (χ1v) is 11.2. The van der Waals surface area contributed by atoms with Gasteiger partial charge in [-0.25, -0.2) is 9.18 Å². The summed E-state index contributed by atoms with van der Waals surface area (Å²) in [6.07, 6.45) is -2.54. The third-order valence-corrected chi connectivity index (χ3v) is 5.64. The van der Waals surface area contributed by atoms with E-state index < -0.39 is 12.1 Å². The zero-order valence-electron chi connectivity index (χ0n) is 18.8. The number of rotatable bonds is 5. The lowest BCUT2D eigenvalue weighted by Gasteiger charge is -2.36. The van der Waals surface area contributed by atoms with Crippen molar-refractivity contribution in [1.82, 2.24) is 10.1 Å². The number of amides is 1. The van der Waals surface area contributed by atoms with Gasteiger partial charge in [-0.1, -0.05) is 22.8 Å². The maximum Gasteiger partial charge on any atom is 0.490 e. The number of alkyl halides is 3. The Bertz CT molecular complexity index is 1180. The second-order valence-corrected chi connectivity index (χ2v) is 8.27. The molecule has 4 rings (SSSR count). The van der Waals surface area contributed by atoms with Crippen LogP contribution >= 0.6 is 11.6 Å². The molecule has 36 heavy (non-hydrogen) atoms. The number of hydrogen-bond donors (Lipinski definition) is 1. The normalized spacial score (nSPS) is 13.7. The summed E-state index contributed by atoms with van der Waals surface area (Å²) in [5.74, 6) is -2.36. The van der Waals surface area contributed by atoms with Crippen molar-refractivity contribution in [2.24, 2.45) is 0 Å². The molecule has 0 bridgehead atoms. The number of carboxylic acids is 1. The van der Waals surface area contributed by atoms with Crippen molar-refractivity contribution >= 4 is 29.2 Å².